The van der Waals surface area contributed by atoms with E-state index in [2.05, 4.69) is 5.32 Å². The number of amides is 2. The molecular weight excluding hydrogens is 368 g/mol. The molecule has 154 valence electrons. The number of para-hydroxylation sites is 2. The maximum atomic E-state index is 13.0. The van der Waals surface area contributed by atoms with E-state index in [9.17, 15) is 9.59 Å². The topological polar surface area (TPSA) is 80.4 Å². The highest BCUT2D eigenvalue weighted by Crippen LogP contribution is 2.18. The lowest BCUT2D eigenvalue weighted by atomic mass is 10.2. The second kappa shape index (κ2) is 8.94. The van der Waals surface area contributed by atoms with Gasteiger partial charge in [0.15, 0.2) is 5.76 Å². The molecule has 0 spiro atoms. The van der Waals surface area contributed by atoms with Crippen LogP contribution in [0, 0.1) is 0 Å². The van der Waals surface area contributed by atoms with Crippen LogP contribution in [0.4, 0.5) is 0 Å². The van der Waals surface area contributed by atoms with E-state index < -0.39 is 0 Å². The lowest BCUT2D eigenvalue weighted by Crippen LogP contribution is -2.43. The molecule has 0 aliphatic rings. The Labute approximate surface area is 170 Å². The van der Waals surface area contributed by atoms with Gasteiger partial charge in [0.1, 0.15) is 12.4 Å². The molecule has 7 heteroatoms. The molecule has 2 aromatic heterocycles. The molecule has 7 nitrogen and oxygen atoms in total. The van der Waals surface area contributed by atoms with Crippen molar-refractivity contribution in [3.05, 3.63) is 54.2 Å². The van der Waals surface area contributed by atoms with E-state index in [1.165, 1.54) is 6.26 Å². The Balaban J connectivity index is 1.78. The van der Waals surface area contributed by atoms with Crippen LogP contribution in [0.5, 0.6) is 0 Å². The molecule has 3 rings (SSSR count). The highest BCUT2D eigenvalue weighted by atomic mass is 16.3. The Hall–Kier alpha value is -3.09. The fourth-order valence-corrected chi connectivity index (χ4v) is 3.66. The maximum Gasteiger partial charge on any atom is 0.286 e. The third-order valence-electron chi connectivity index (χ3n) is 4.81. The third-order valence-corrected chi connectivity index (χ3v) is 4.81. The van der Waals surface area contributed by atoms with Crippen molar-refractivity contribution in [3.8, 4) is 0 Å². The molecule has 0 saturated heterocycles. The maximum absolute atomic E-state index is 13.0. The molecule has 1 N–H and O–H groups in total. The molecule has 0 radical (unpaired) electrons. The van der Waals surface area contributed by atoms with Crippen molar-refractivity contribution < 1.29 is 14.0 Å². The number of nitrogens with one attached hydrogen (secondary N) is 1. The summed E-state index contributed by atoms with van der Waals surface area (Å²) < 4.78 is 7.06. The zero-order chi connectivity index (χ0) is 21.0. The molecule has 1 aromatic carbocycles. The number of carbonyl (C=O) groups is 2. The molecule has 0 aliphatic carbocycles. The van der Waals surface area contributed by atoms with E-state index in [-0.39, 0.29) is 36.2 Å². The van der Waals surface area contributed by atoms with Crippen LogP contribution in [0.3, 0.4) is 0 Å². The van der Waals surface area contributed by atoms with Crippen molar-refractivity contribution in [2.75, 3.05) is 6.54 Å². The second-order valence-electron chi connectivity index (χ2n) is 7.57. The van der Waals surface area contributed by atoms with Gasteiger partial charge < -0.3 is 19.2 Å². The number of imidazole rings is 1. The standard InChI is InChI=1S/C22H28N4O3/c1-15(2)26(16(3)4)21(27)14-25-18-9-6-5-8-17(18)24-20(25)11-12-23-22(28)19-10-7-13-29-19/h5-10,13,15-16H,11-12,14H2,1-4H3,(H,23,28). The van der Waals surface area contributed by atoms with Gasteiger partial charge >= 0.3 is 0 Å². The van der Waals surface area contributed by atoms with Crippen molar-refractivity contribution in [1.29, 1.82) is 0 Å². The van der Waals surface area contributed by atoms with Gasteiger partial charge in [-0.2, -0.15) is 0 Å². The predicted molar refractivity (Wildman–Crippen MR) is 112 cm³/mol. The van der Waals surface area contributed by atoms with Gasteiger partial charge in [0.05, 0.1) is 17.3 Å². The van der Waals surface area contributed by atoms with E-state index >= 15 is 0 Å². The van der Waals surface area contributed by atoms with Crippen molar-refractivity contribution in [1.82, 2.24) is 19.8 Å². The minimum absolute atomic E-state index is 0.0547. The average molecular weight is 396 g/mol. The summed E-state index contributed by atoms with van der Waals surface area (Å²) in [6.07, 6.45) is 1.98. The average Bonchev–Trinajstić information content (AvgIpc) is 3.30. The van der Waals surface area contributed by atoms with E-state index in [0.717, 1.165) is 16.9 Å². The number of rotatable bonds is 8. The van der Waals surface area contributed by atoms with Gasteiger partial charge in [-0.05, 0) is 52.0 Å². The Morgan fingerprint density at radius 2 is 1.83 bits per heavy atom. The number of carbonyl (C=O) groups excluding carboxylic acids is 2. The van der Waals surface area contributed by atoms with Crippen LogP contribution in [0.15, 0.2) is 47.1 Å². The van der Waals surface area contributed by atoms with Gasteiger partial charge in [0, 0.05) is 25.0 Å². The van der Waals surface area contributed by atoms with Crippen LogP contribution in [-0.2, 0) is 17.8 Å². The summed E-state index contributed by atoms with van der Waals surface area (Å²) in [5, 5.41) is 2.84. The van der Waals surface area contributed by atoms with E-state index in [4.69, 9.17) is 9.40 Å². The van der Waals surface area contributed by atoms with Gasteiger partial charge in [0.25, 0.3) is 5.91 Å². The fourth-order valence-electron chi connectivity index (χ4n) is 3.66. The molecule has 0 saturated carbocycles. The highest BCUT2D eigenvalue weighted by molar-refractivity contribution is 5.91. The van der Waals surface area contributed by atoms with E-state index in [0.29, 0.717) is 13.0 Å². The van der Waals surface area contributed by atoms with E-state index in [1.807, 2.05) is 61.4 Å². The molecule has 3 aromatic rings. The van der Waals surface area contributed by atoms with Crippen molar-refractivity contribution in [3.63, 3.8) is 0 Å². The number of nitrogens with zero attached hydrogens (tertiary/aromatic N) is 3. The van der Waals surface area contributed by atoms with Crippen LogP contribution in [0.1, 0.15) is 44.1 Å². The summed E-state index contributed by atoms with van der Waals surface area (Å²) in [4.78, 5) is 31.7. The first-order valence-electron chi connectivity index (χ1n) is 9.95. The minimum atomic E-state index is -0.264. The van der Waals surface area contributed by atoms with Crippen molar-refractivity contribution in [2.24, 2.45) is 0 Å². The molecule has 0 atom stereocenters. The first-order valence-corrected chi connectivity index (χ1v) is 9.95. The van der Waals surface area contributed by atoms with Crippen LogP contribution < -0.4 is 5.32 Å². The quantitative estimate of drug-likeness (QED) is 0.634. The zero-order valence-electron chi connectivity index (χ0n) is 17.4. The molecule has 0 fully saturated rings. The monoisotopic (exact) mass is 396 g/mol. The third kappa shape index (κ3) is 4.67. The molecular formula is C22H28N4O3. The van der Waals surface area contributed by atoms with Crippen LogP contribution in [-0.4, -0.2) is 44.9 Å². The molecule has 0 bridgehead atoms. The summed E-state index contributed by atoms with van der Waals surface area (Å²) in [6.45, 7) is 8.71. The van der Waals surface area contributed by atoms with Crippen LogP contribution >= 0.6 is 0 Å². The number of furan rings is 1. The number of benzene rings is 1. The minimum Gasteiger partial charge on any atom is -0.459 e. The van der Waals surface area contributed by atoms with Crippen LogP contribution in [0.25, 0.3) is 11.0 Å². The lowest BCUT2D eigenvalue weighted by Gasteiger charge is -2.31. The Morgan fingerprint density at radius 1 is 1.10 bits per heavy atom. The number of aromatic nitrogens is 2. The SMILES string of the molecule is CC(C)N(C(=O)Cn1c(CCNC(=O)c2ccco2)nc2ccccc21)C(C)C. The van der Waals surface area contributed by atoms with Gasteiger partial charge in [0.2, 0.25) is 5.91 Å². The molecule has 0 aliphatic heterocycles. The number of hydrogen-bond donors (Lipinski definition) is 1. The predicted octanol–water partition coefficient (Wildman–Crippen LogP) is 3.25. The Kier molecular flexibility index (Phi) is 6.36. The summed E-state index contributed by atoms with van der Waals surface area (Å²) >= 11 is 0. The summed E-state index contributed by atoms with van der Waals surface area (Å²) in [6, 6.07) is 11.3. The van der Waals surface area contributed by atoms with Crippen molar-refractivity contribution in [2.45, 2.75) is 52.7 Å². The molecule has 2 heterocycles. The molecule has 29 heavy (non-hydrogen) atoms. The highest BCUT2D eigenvalue weighted by Gasteiger charge is 2.22. The Morgan fingerprint density at radius 3 is 2.48 bits per heavy atom. The first-order chi connectivity index (χ1) is 13.9. The van der Waals surface area contributed by atoms with Gasteiger partial charge in [-0.3, -0.25) is 9.59 Å². The second-order valence-corrected chi connectivity index (χ2v) is 7.57. The smallest absolute Gasteiger partial charge is 0.286 e. The zero-order valence-corrected chi connectivity index (χ0v) is 17.4. The Bertz CT molecular complexity index is 965. The van der Waals surface area contributed by atoms with Crippen molar-refractivity contribution >= 4 is 22.8 Å². The molecule has 0 unspecified atom stereocenters. The lowest BCUT2D eigenvalue weighted by molar-refractivity contribution is -0.135. The number of fused-ring (bicyclic) bond motifs is 1. The fraction of sp³-hybridized carbons (Fsp3) is 0.409. The summed E-state index contributed by atoms with van der Waals surface area (Å²) in [7, 11) is 0. The number of hydrogen-bond acceptors (Lipinski definition) is 4. The van der Waals surface area contributed by atoms with Gasteiger partial charge in [-0.25, -0.2) is 4.98 Å². The first kappa shape index (κ1) is 20.6. The normalized spacial score (nSPS) is 11.4. The largest absolute Gasteiger partial charge is 0.459 e. The summed E-state index contributed by atoms with van der Waals surface area (Å²) in [5.74, 6) is 0.837. The summed E-state index contributed by atoms with van der Waals surface area (Å²) in [5.41, 5.74) is 1.76. The van der Waals surface area contributed by atoms with E-state index in [1.54, 1.807) is 12.1 Å². The molecule has 2 amide bonds. The van der Waals surface area contributed by atoms with Crippen LogP contribution in [0.2, 0.25) is 0 Å². The van der Waals surface area contributed by atoms with Gasteiger partial charge in [-0.15, -0.1) is 0 Å². The van der Waals surface area contributed by atoms with Gasteiger partial charge in [-0.1, -0.05) is 12.1 Å².